The lowest BCUT2D eigenvalue weighted by molar-refractivity contribution is 0.00578. The molecule has 0 saturated carbocycles. The first-order valence-electron chi connectivity index (χ1n) is 14.5. The molecule has 5 rings (SSSR count). The van der Waals surface area contributed by atoms with Crippen LogP contribution in [0, 0.1) is 27.7 Å². The van der Waals surface area contributed by atoms with Crippen LogP contribution >= 0.6 is 0 Å². The second-order valence-corrected chi connectivity index (χ2v) is 12.4. The van der Waals surface area contributed by atoms with E-state index in [4.69, 9.17) is 9.31 Å². The summed E-state index contributed by atoms with van der Waals surface area (Å²) in [5.41, 5.74) is 11.7. The number of hydrogen-bond acceptors (Lipinski definition) is 2. The Morgan fingerprint density at radius 2 is 0.878 bits per heavy atom. The lowest BCUT2D eigenvalue weighted by Crippen LogP contribution is -2.41. The number of allylic oxidation sites excluding steroid dienone is 2. The highest BCUT2D eigenvalue weighted by atomic mass is 16.7. The van der Waals surface area contributed by atoms with Gasteiger partial charge in [-0.25, -0.2) is 0 Å². The van der Waals surface area contributed by atoms with Crippen molar-refractivity contribution in [1.29, 1.82) is 0 Å². The molecule has 0 unspecified atom stereocenters. The van der Waals surface area contributed by atoms with E-state index in [1.165, 1.54) is 22.3 Å². The lowest BCUT2D eigenvalue weighted by Gasteiger charge is -2.32. The fraction of sp³-hybridized carbons (Fsp3) is 0.263. The van der Waals surface area contributed by atoms with Crippen molar-refractivity contribution < 1.29 is 9.31 Å². The molecule has 0 amide bonds. The third-order valence-corrected chi connectivity index (χ3v) is 8.48. The first kappa shape index (κ1) is 28.9. The molecule has 0 radical (unpaired) electrons. The van der Waals surface area contributed by atoms with E-state index in [-0.39, 0.29) is 0 Å². The first-order chi connectivity index (χ1) is 19.4. The van der Waals surface area contributed by atoms with Crippen LogP contribution in [-0.4, -0.2) is 18.3 Å². The molecule has 0 atom stereocenters. The molecular formula is C38H41BO2. The van der Waals surface area contributed by atoms with Gasteiger partial charge in [0.25, 0.3) is 0 Å². The Labute approximate surface area is 246 Å². The van der Waals surface area contributed by atoms with E-state index in [2.05, 4.69) is 159 Å². The van der Waals surface area contributed by atoms with Crippen LogP contribution in [0.2, 0.25) is 0 Å². The van der Waals surface area contributed by atoms with Crippen molar-refractivity contribution in [2.75, 3.05) is 0 Å². The molecule has 2 nitrogen and oxygen atoms in total. The van der Waals surface area contributed by atoms with Gasteiger partial charge in [0.1, 0.15) is 0 Å². The molecule has 1 heterocycles. The Hall–Kier alpha value is -3.66. The molecule has 0 bridgehead atoms. The summed E-state index contributed by atoms with van der Waals surface area (Å²) in [6.07, 6.45) is 2.30. The average molecular weight is 541 g/mol. The van der Waals surface area contributed by atoms with Gasteiger partial charge in [-0.2, -0.15) is 0 Å². The van der Waals surface area contributed by atoms with Gasteiger partial charge in [0.2, 0.25) is 0 Å². The summed E-state index contributed by atoms with van der Waals surface area (Å²) < 4.78 is 13.6. The smallest absolute Gasteiger partial charge is 0.399 e. The third-order valence-electron chi connectivity index (χ3n) is 8.48. The van der Waals surface area contributed by atoms with Crippen LogP contribution in [0.3, 0.4) is 0 Å². The summed E-state index contributed by atoms with van der Waals surface area (Å²) in [4.78, 5) is 0. The Morgan fingerprint density at radius 3 is 1.32 bits per heavy atom. The predicted molar refractivity (Wildman–Crippen MR) is 175 cm³/mol. The molecule has 208 valence electrons. The van der Waals surface area contributed by atoms with Crippen molar-refractivity contribution in [1.82, 2.24) is 0 Å². The van der Waals surface area contributed by atoms with E-state index in [1.807, 2.05) is 0 Å². The van der Waals surface area contributed by atoms with Gasteiger partial charge in [-0.1, -0.05) is 119 Å². The van der Waals surface area contributed by atoms with Crippen LogP contribution in [-0.2, 0) is 9.31 Å². The maximum absolute atomic E-state index is 6.80. The monoisotopic (exact) mass is 540 g/mol. The van der Waals surface area contributed by atoms with Gasteiger partial charge >= 0.3 is 7.12 Å². The van der Waals surface area contributed by atoms with Gasteiger partial charge in [-0.3, -0.25) is 0 Å². The number of benzene rings is 4. The summed E-state index contributed by atoms with van der Waals surface area (Å²) in [7, 11) is -0.550. The van der Waals surface area contributed by atoms with E-state index in [0.717, 1.165) is 38.9 Å². The molecule has 1 aliphatic rings. The largest absolute Gasteiger partial charge is 0.496 e. The van der Waals surface area contributed by atoms with Crippen LogP contribution in [0.5, 0.6) is 0 Å². The Balaban J connectivity index is 1.89. The van der Waals surface area contributed by atoms with Gasteiger partial charge in [0.15, 0.2) is 0 Å². The van der Waals surface area contributed by atoms with Crippen molar-refractivity contribution in [2.45, 2.75) is 66.6 Å². The van der Waals surface area contributed by atoms with Gasteiger partial charge in [0.05, 0.1) is 11.2 Å². The second-order valence-electron chi connectivity index (χ2n) is 12.4. The highest BCUT2D eigenvalue weighted by Gasteiger charge is 2.53. The van der Waals surface area contributed by atoms with Crippen LogP contribution in [0.15, 0.2) is 97.1 Å². The fourth-order valence-electron chi connectivity index (χ4n) is 5.13. The molecule has 1 saturated heterocycles. The summed E-state index contributed by atoms with van der Waals surface area (Å²) >= 11 is 0. The van der Waals surface area contributed by atoms with Crippen molar-refractivity contribution in [2.24, 2.45) is 0 Å². The summed E-state index contributed by atoms with van der Waals surface area (Å²) in [5.74, 6) is 0. The maximum atomic E-state index is 6.80. The molecule has 41 heavy (non-hydrogen) atoms. The van der Waals surface area contributed by atoms with Gasteiger partial charge in [-0.15, -0.1) is 0 Å². The number of rotatable bonds is 6. The minimum atomic E-state index is -0.550. The van der Waals surface area contributed by atoms with Gasteiger partial charge < -0.3 is 9.31 Å². The van der Waals surface area contributed by atoms with Crippen molar-refractivity contribution >= 4 is 29.8 Å². The summed E-state index contributed by atoms with van der Waals surface area (Å²) in [6, 6.07) is 35.1. The number of hydrogen-bond donors (Lipinski definition) is 0. The van der Waals surface area contributed by atoms with Crippen LogP contribution in [0.4, 0.5) is 0 Å². The van der Waals surface area contributed by atoms with Gasteiger partial charge in [-0.05, 0) is 100 Å². The van der Waals surface area contributed by atoms with E-state index in [0.29, 0.717) is 0 Å². The predicted octanol–water partition coefficient (Wildman–Crippen LogP) is 9.70. The standard InChI is InChI=1S/C38H41BO2/c1-26-9-17-30(18-10-26)25-34(31-19-11-27(2)12-20-31)35(32-21-13-28(3)14-22-32)36(33-23-15-29(4)16-24-33)39-40-37(5,6)38(7,8)41-39/h9-25H,1-8H3/b34-25-,36-35-. The lowest BCUT2D eigenvalue weighted by atomic mass is 9.67. The van der Waals surface area contributed by atoms with Crippen molar-refractivity contribution in [3.63, 3.8) is 0 Å². The molecule has 1 fully saturated rings. The molecule has 0 aliphatic carbocycles. The normalized spacial score (nSPS) is 17.0. The van der Waals surface area contributed by atoms with E-state index in [9.17, 15) is 0 Å². The molecule has 0 aromatic heterocycles. The van der Waals surface area contributed by atoms with Crippen LogP contribution in [0.1, 0.15) is 72.2 Å². The molecular weight excluding hydrogens is 499 g/mol. The average Bonchev–Trinajstić information content (AvgIpc) is 3.15. The summed E-state index contributed by atoms with van der Waals surface area (Å²) in [6.45, 7) is 17.0. The number of aryl methyl sites for hydroxylation is 4. The zero-order valence-corrected chi connectivity index (χ0v) is 25.7. The molecule has 4 aromatic rings. The van der Waals surface area contributed by atoms with Crippen molar-refractivity contribution in [3.8, 4) is 0 Å². The molecule has 4 aromatic carbocycles. The van der Waals surface area contributed by atoms with E-state index >= 15 is 0 Å². The zero-order chi connectivity index (χ0) is 29.4. The summed E-state index contributed by atoms with van der Waals surface area (Å²) in [5, 5.41) is 0. The SMILES string of the molecule is Cc1ccc(/C=C(\C(=C(/B2OC(C)(C)C(C)(C)O2)c2ccc(C)cc2)c2ccc(C)cc2)c2ccc(C)cc2)cc1. The van der Waals surface area contributed by atoms with Crippen molar-refractivity contribution in [3.05, 3.63) is 142 Å². The Bertz CT molecular complexity index is 1550. The zero-order valence-electron chi connectivity index (χ0n) is 25.7. The highest BCUT2D eigenvalue weighted by molar-refractivity contribution is 6.72. The van der Waals surface area contributed by atoms with E-state index < -0.39 is 18.3 Å². The minimum absolute atomic E-state index is 0.476. The topological polar surface area (TPSA) is 18.5 Å². The quantitative estimate of drug-likeness (QED) is 0.138. The molecule has 1 aliphatic heterocycles. The molecule has 0 spiro atoms. The Kier molecular flexibility index (Phi) is 7.96. The first-order valence-corrected chi connectivity index (χ1v) is 14.5. The minimum Gasteiger partial charge on any atom is -0.399 e. The molecule has 0 N–H and O–H groups in total. The third kappa shape index (κ3) is 6.17. The van der Waals surface area contributed by atoms with Crippen LogP contribution in [0.25, 0.3) is 22.7 Å². The van der Waals surface area contributed by atoms with Crippen LogP contribution < -0.4 is 0 Å². The van der Waals surface area contributed by atoms with E-state index in [1.54, 1.807) is 0 Å². The highest BCUT2D eigenvalue weighted by Crippen LogP contribution is 2.46. The second kappa shape index (κ2) is 11.3. The fourth-order valence-corrected chi connectivity index (χ4v) is 5.13. The Morgan fingerprint density at radius 1 is 0.512 bits per heavy atom. The van der Waals surface area contributed by atoms with Gasteiger partial charge in [0, 0.05) is 0 Å². The maximum Gasteiger partial charge on any atom is 0.496 e. The molecule has 3 heteroatoms.